The summed E-state index contributed by atoms with van der Waals surface area (Å²) in [7, 11) is 1.92. The highest BCUT2D eigenvalue weighted by Gasteiger charge is 2.30. The van der Waals surface area contributed by atoms with E-state index in [9.17, 15) is 13.2 Å². The van der Waals surface area contributed by atoms with Crippen molar-refractivity contribution in [1.82, 2.24) is 15.0 Å². The Hall–Kier alpha value is -1.93. The summed E-state index contributed by atoms with van der Waals surface area (Å²) in [6, 6.07) is 4.90. The fourth-order valence-corrected chi connectivity index (χ4v) is 2.87. The number of benzene rings is 1. The number of ether oxygens (including phenoxy) is 1. The van der Waals surface area contributed by atoms with Gasteiger partial charge in [-0.3, -0.25) is 4.90 Å². The third-order valence-corrected chi connectivity index (χ3v) is 4.11. The molecule has 5 nitrogen and oxygen atoms in total. The number of alkyl halides is 3. The molecule has 1 fully saturated rings. The van der Waals surface area contributed by atoms with Crippen molar-refractivity contribution in [3.05, 3.63) is 35.7 Å². The van der Waals surface area contributed by atoms with Crippen LogP contribution in [-0.4, -0.2) is 41.3 Å². The Morgan fingerprint density at radius 1 is 1.28 bits per heavy atom. The molecule has 0 N–H and O–H groups in total. The Labute approximate surface area is 143 Å². The van der Waals surface area contributed by atoms with Crippen LogP contribution in [-0.2, 0) is 17.5 Å². The van der Waals surface area contributed by atoms with Crippen LogP contribution in [0.15, 0.2) is 28.8 Å². The quantitative estimate of drug-likeness (QED) is 0.817. The minimum absolute atomic E-state index is 0.156. The van der Waals surface area contributed by atoms with Crippen molar-refractivity contribution in [2.45, 2.75) is 38.1 Å². The van der Waals surface area contributed by atoms with Crippen LogP contribution in [0.1, 0.15) is 30.7 Å². The van der Waals surface area contributed by atoms with Gasteiger partial charge < -0.3 is 9.26 Å². The molecule has 0 bridgehead atoms. The molecule has 25 heavy (non-hydrogen) atoms. The van der Waals surface area contributed by atoms with Crippen molar-refractivity contribution in [2.75, 3.05) is 20.2 Å². The van der Waals surface area contributed by atoms with Gasteiger partial charge in [-0.1, -0.05) is 17.3 Å². The topological polar surface area (TPSA) is 51.4 Å². The maximum absolute atomic E-state index is 12.8. The maximum atomic E-state index is 12.8. The van der Waals surface area contributed by atoms with Gasteiger partial charge >= 0.3 is 6.18 Å². The fourth-order valence-electron chi connectivity index (χ4n) is 2.87. The summed E-state index contributed by atoms with van der Waals surface area (Å²) in [5.41, 5.74) is -0.453. The first kappa shape index (κ1) is 17.9. The minimum atomic E-state index is -4.40. The lowest BCUT2D eigenvalue weighted by atomic mass is 10.1. The molecule has 0 radical (unpaired) electrons. The molecule has 1 aliphatic heterocycles. The number of hydrogen-bond acceptors (Lipinski definition) is 5. The highest BCUT2D eigenvalue weighted by Crippen LogP contribution is 2.31. The summed E-state index contributed by atoms with van der Waals surface area (Å²) in [4.78, 5) is 6.22. The Morgan fingerprint density at radius 3 is 2.84 bits per heavy atom. The zero-order valence-electron chi connectivity index (χ0n) is 13.9. The number of aromatic nitrogens is 2. The van der Waals surface area contributed by atoms with Gasteiger partial charge in [-0.15, -0.1) is 0 Å². The number of likely N-dealkylation sites (N-methyl/N-ethyl adjacent to an activating group) is 1. The molecule has 1 aromatic carbocycles. The highest BCUT2D eigenvalue weighted by molar-refractivity contribution is 5.55. The average molecular weight is 355 g/mol. The molecule has 0 saturated carbocycles. The van der Waals surface area contributed by atoms with Gasteiger partial charge in [-0.25, -0.2) is 0 Å². The van der Waals surface area contributed by atoms with E-state index in [0.717, 1.165) is 38.1 Å². The second kappa shape index (κ2) is 7.53. The summed E-state index contributed by atoms with van der Waals surface area (Å²) in [6.45, 7) is 1.96. The van der Waals surface area contributed by atoms with Crippen LogP contribution in [0, 0.1) is 0 Å². The zero-order valence-corrected chi connectivity index (χ0v) is 13.9. The van der Waals surface area contributed by atoms with Gasteiger partial charge in [0.2, 0.25) is 11.7 Å². The van der Waals surface area contributed by atoms with Crippen LogP contribution in [0.5, 0.6) is 0 Å². The van der Waals surface area contributed by atoms with Crippen molar-refractivity contribution in [1.29, 1.82) is 0 Å². The standard InChI is InChI=1S/C17H20F3N3O2/c1-23(10-14-7-2-3-8-24-14)11-15-21-16(22-25-15)12-5-4-6-13(9-12)17(18,19)20/h4-6,9,14H,2-3,7-8,10-11H2,1H3. The Balaban J connectivity index is 1.64. The number of rotatable bonds is 5. The smallest absolute Gasteiger partial charge is 0.377 e. The molecule has 0 amide bonds. The van der Waals surface area contributed by atoms with Crippen molar-refractivity contribution in [2.24, 2.45) is 0 Å². The van der Waals surface area contributed by atoms with Crippen molar-refractivity contribution >= 4 is 0 Å². The SMILES string of the molecule is CN(Cc1nc(-c2cccc(C(F)(F)F)c2)no1)CC1CCCCO1. The van der Waals surface area contributed by atoms with Crippen LogP contribution < -0.4 is 0 Å². The van der Waals surface area contributed by atoms with Crippen LogP contribution >= 0.6 is 0 Å². The van der Waals surface area contributed by atoms with Crippen LogP contribution in [0.2, 0.25) is 0 Å². The average Bonchev–Trinajstić information content (AvgIpc) is 3.03. The van der Waals surface area contributed by atoms with E-state index in [1.54, 1.807) is 0 Å². The van der Waals surface area contributed by atoms with E-state index >= 15 is 0 Å². The first-order valence-electron chi connectivity index (χ1n) is 8.22. The molecule has 1 aromatic heterocycles. The molecule has 1 atom stereocenters. The van der Waals surface area contributed by atoms with E-state index in [2.05, 4.69) is 10.1 Å². The number of halogens is 3. The van der Waals surface area contributed by atoms with E-state index in [4.69, 9.17) is 9.26 Å². The van der Waals surface area contributed by atoms with E-state index in [1.165, 1.54) is 18.6 Å². The fraction of sp³-hybridized carbons (Fsp3) is 0.529. The first-order chi connectivity index (χ1) is 11.9. The second-order valence-corrected chi connectivity index (χ2v) is 6.28. The van der Waals surface area contributed by atoms with E-state index in [0.29, 0.717) is 12.4 Å². The number of nitrogens with zero attached hydrogens (tertiary/aromatic N) is 3. The predicted molar refractivity (Wildman–Crippen MR) is 84.7 cm³/mol. The van der Waals surface area contributed by atoms with Crippen molar-refractivity contribution < 1.29 is 22.4 Å². The van der Waals surface area contributed by atoms with Gasteiger partial charge in [0, 0.05) is 18.7 Å². The lowest BCUT2D eigenvalue weighted by Gasteiger charge is -2.26. The minimum Gasteiger partial charge on any atom is -0.377 e. The highest BCUT2D eigenvalue weighted by atomic mass is 19.4. The third-order valence-electron chi connectivity index (χ3n) is 4.11. The summed E-state index contributed by atoms with van der Waals surface area (Å²) in [5, 5.41) is 3.80. The molecular weight excluding hydrogens is 335 g/mol. The van der Waals surface area contributed by atoms with E-state index in [1.807, 2.05) is 11.9 Å². The first-order valence-corrected chi connectivity index (χ1v) is 8.22. The predicted octanol–water partition coefficient (Wildman–Crippen LogP) is 3.76. The molecule has 0 spiro atoms. The molecule has 2 aromatic rings. The monoisotopic (exact) mass is 355 g/mol. The van der Waals surface area contributed by atoms with E-state index in [-0.39, 0.29) is 17.5 Å². The molecular formula is C17H20F3N3O2. The van der Waals surface area contributed by atoms with Crippen LogP contribution in [0.3, 0.4) is 0 Å². The second-order valence-electron chi connectivity index (χ2n) is 6.28. The molecule has 1 aliphatic rings. The summed E-state index contributed by atoms with van der Waals surface area (Å²) in [6.07, 6.45) is -0.903. The largest absolute Gasteiger partial charge is 0.416 e. The van der Waals surface area contributed by atoms with E-state index < -0.39 is 11.7 Å². The van der Waals surface area contributed by atoms with Gasteiger partial charge in [0.25, 0.3) is 0 Å². The summed E-state index contributed by atoms with van der Waals surface area (Å²) >= 11 is 0. The molecule has 2 heterocycles. The zero-order chi connectivity index (χ0) is 17.9. The van der Waals surface area contributed by atoms with Crippen LogP contribution in [0.25, 0.3) is 11.4 Å². The van der Waals surface area contributed by atoms with Gasteiger partial charge in [0.15, 0.2) is 0 Å². The Kier molecular flexibility index (Phi) is 5.39. The third kappa shape index (κ3) is 4.79. The van der Waals surface area contributed by atoms with Gasteiger partial charge in [0.1, 0.15) is 0 Å². The van der Waals surface area contributed by atoms with Crippen molar-refractivity contribution in [3.63, 3.8) is 0 Å². The van der Waals surface area contributed by atoms with Gasteiger partial charge in [0.05, 0.1) is 18.2 Å². The van der Waals surface area contributed by atoms with Crippen molar-refractivity contribution in [3.8, 4) is 11.4 Å². The number of hydrogen-bond donors (Lipinski definition) is 0. The summed E-state index contributed by atoms with van der Waals surface area (Å²) < 4.78 is 49.3. The normalized spacial score (nSPS) is 18.7. The van der Waals surface area contributed by atoms with Crippen LogP contribution in [0.4, 0.5) is 13.2 Å². The Bertz CT molecular complexity index is 696. The molecule has 1 saturated heterocycles. The molecule has 3 rings (SSSR count). The molecule has 0 aliphatic carbocycles. The van der Waals surface area contributed by atoms with Gasteiger partial charge in [-0.05, 0) is 38.4 Å². The Morgan fingerprint density at radius 2 is 2.12 bits per heavy atom. The molecule has 8 heteroatoms. The maximum Gasteiger partial charge on any atom is 0.416 e. The summed E-state index contributed by atoms with van der Waals surface area (Å²) in [5.74, 6) is 0.522. The van der Waals surface area contributed by atoms with Gasteiger partial charge in [-0.2, -0.15) is 18.2 Å². The lowest BCUT2D eigenvalue weighted by molar-refractivity contribution is -0.137. The lowest BCUT2D eigenvalue weighted by Crippen LogP contribution is -2.33. The molecule has 136 valence electrons. The molecule has 1 unspecified atom stereocenters.